The van der Waals surface area contributed by atoms with E-state index >= 15 is 0 Å². The molecule has 0 spiro atoms. The van der Waals surface area contributed by atoms with Gasteiger partial charge in [0.15, 0.2) is 5.75 Å². The zero-order valence-corrected chi connectivity index (χ0v) is 20.6. The first-order valence-electron chi connectivity index (χ1n) is 10.1. The van der Waals surface area contributed by atoms with Crippen LogP contribution in [-0.2, 0) is 9.59 Å². The van der Waals surface area contributed by atoms with E-state index in [1.807, 2.05) is 0 Å². The van der Waals surface area contributed by atoms with Crippen LogP contribution in [-0.4, -0.2) is 36.1 Å². The van der Waals surface area contributed by atoms with Crippen molar-refractivity contribution in [2.24, 2.45) is 0 Å². The molecule has 0 bridgehead atoms. The van der Waals surface area contributed by atoms with Crippen LogP contribution in [0.3, 0.4) is 0 Å². The van der Waals surface area contributed by atoms with E-state index in [2.05, 4.69) is 0 Å². The summed E-state index contributed by atoms with van der Waals surface area (Å²) in [6.07, 6.45) is 0. The Kier molecular flexibility index (Phi) is 6.85. The lowest BCUT2D eigenvalue weighted by molar-refractivity contribution is -0.132. The Bertz CT molecular complexity index is 1360. The van der Waals surface area contributed by atoms with Crippen LogP contribution in [0.4, 0.5) is 5.69 Å². The first-order chi connectivity index (χ1) is 16.7. The zero-order valence-electron chi connectivity index (χ0n) is 18.4. The van der Waals surface area contributed by atoms with Gasteiger partial charge in [-0.25, -0.2) is 0 Å². The first kappa shape index (κ1) is 24.7. The van der Waals surface area contributed by atoms with Gasteiger partial charge < -0.3 is 19.7 Å². The molecule has 0 saturated carbocycles. The van der Waals surface area contributed by atoms with Crippen molar-refractivity contribution < 1.29 is 29.3 Å². The predicted octanol–water partition coefficient (Wildman–Crippen LogP) is 6.00. The molecule has 10 heteroatoms. The average molecular weight is 535 g/mol. The maximum Gasteiger partial charge on any atom is 0.300 e. The number of phenolic OH excluding ortho intramolecular Hbond substituents is 1. The second-order valence-electron chi connectivity index (χ2n) is 7.56. The minimum absolute atomic E-state index is 0.0867. The summed E-state index contributed by atoms with van der Waals surface area (Å²) in [5.74, 6) is -1.84. The molecule has 1 saturated heterocycles. The lowest BCUT2D eigenvalue weighted by Crippen LogP contribution is -2.29. The van der Waals surface area contributed by atoms with Crippen molar-refractivity contribution in [2.75, 3.05) is 19.1 Å². The van der Waals surface area contributed by atoms with E-state index in [9.17, 15) is 19.8 Å². The van der Waals surface area contributed by atoms with Crippen LogP contribution in [0.2, 0.25) is 15.1 Å². The third-order valence-corrected chi connectivity index (χ3v) is 6.38. The van der Waals surface area contributed by atoms with Crippen molar-refractivity contribution >= 4 is 57.9 Å². The summed E-state index contributed by atoms with van der Waals surface area (Å²) in [6.45, 7) is 0. The molecule has 7 nitrogen and oxygen atoms in total. The molecule has 0 aliphatic carbocycles. The SMILES string of the molecule is COc1ccc(N2C(=O)C(=O)/C(=C(/O)c3cc(Cl)c(OC)c(Cl)c3)C2c2cccc(O)c2)cc1Cl. The molecule has 1 amide bonds. The summed E-state index contributed by atoms with van der Waals surface area (Å²) in [5, 5.41) is 21.8. The number of methoxy groups -OCH3 is 2. The highest BCUT2D eigenvalue weighted by Crippen LogP contribution is 2.45. The monoisotopic (exact) mass is 533 g/mol. The summed E-state index contributed by atoms with van der Waals surface area (Å²) in [7, 11) is 2.84. The molecule has 1 aliphatic rings. The summed E-state index contributed by atoms with van der Waals surface area (Å²) in [6, 6.07) is 12.3. The fourth-order valence-electron chi connectivity index (χ4n) is 3.96. The van der Waals surface area contributed by atoms with E-state index in [1.165, 1.54) is 49.5 Å². The number of rotatable bonds is 5. The lowest BCUT2D eigenvalue weighted by atomic mass is 9.95. The Balaban J connectivity index is 1.97. The van der Waals surface area contributed by atoms with Gasteiger partial charge in [0.05, 0.1) is 40.9 Å². The maximum atomic E-state index is 13.3. The van der Waals surface area contributed by atoms with Gasteiger partial charge in [-0.1, -0.05) is 46.9 Å². The predicted molar refractivity (Wildman–Crippen MR) is 134 cm³/mol. The molecule has 1 heterocycles. The molecule has 4 rings (SSSR count). The number of aromatic hydroxyl groups is 1. The number of ether oxygens (including phenoxy) is 2. The molecule has 1 atom stereocenters. The highest BCUT2D eigenvalue weighted by atomic mass is 35.5. The van der Waals surface area contributed by atoms with Crippen LogP contribution in [0.5, 0.6) is 17.2 Å². The molecule has 1 fully saturated rings. The molecule has 3 aromatic carbocycles. The molecule has 35 heavy (non-hydrogen) atoms. The van der Waals surface area contributed by atoms with Crippen LogP contribution < -0.4 is 14.4 Å². The second-order valence-corrected chi connectivity index (χ2v) is 8.78. The van der Waals surface area contributed by atoms with Gasteiger partial charge in [-0.15, -0.1) is 0 Å². The van der Waals surface area contributed by atoms with Gasteiger partial charge in [0.1, 0.15) is 17.3 Å². The van der Waals surface area contributed by atoms with E-state index in [0.29, 0.717) is 11.3 Å². The van der Waals surface area contributed by atoms with Crippen molar-refractivity contribution in [1.82, 2.24) is 0 Å². The number of carbonyl (C=O) groups excluding carboxylic acids is 2. The Morgan fingerprint density at radius 2 is 1.60 bits per heavy atom. The highest BCUT2D eigenvalue weighted by molar-refractivity contribution is 6.52. The van der Waals surface area contributed by atoms with E-state index in [4.69, 9.17) is 44.3 Å². The van der Waals surface area contributed by atoms with Gasteiger partial charge in [-0.2, -0.15) is 0 Å². The van der Waals surface area contributed by atoms with Crippen LogP contribution in [0.1, 0.15) is 17.2 Å². The number of Topliss-reactive ketones (excluding diaryl/α,β-unsaturated/α-hetero) is 1. The molecular weight excluding hydrogens is 517 g/mol. The smallest absolute Gasteiger partial charge is 0.300 e. The first-order valence-corrected chi connectivity index (χ1v) is 11.3. The van der Waals surface area contributed by atoms with Crippen molar-refractivity contribution in [3.8, 4) is 17.2 Å². The van der Waals surface area contributed by atoms with Crippen LogP contribution in [0.25, 0.3) is 5.76 Å². The van der Waals surface area contributed by atoms with E-state index < -0.39 is 23.5 Å². The molecule has 1 unspecified atom stereocenters. The van der Waals surface area contributed by atoms with Gasteiger partial charge >= 0.3 is 0 Å². The highest BCUT2D eigenvalue weighted by Gasteiger charge is 2.47. The summed E-state index contributed by atoms with van der Waals surface area (Å²) < 4.78 is 10.3. The van der Waals surface area contributed by atoms with Crippen molar-refractivity contribution in [1.29, 1.82) is 0 Å². The minimum Gasteiger partial charge on any atom is -0.508 e. The number of hydrogen-bond donors (Lipinski definition) is 2. The van der Waals surface area contributed by atoms with Crippen molar-refractivity contribution in [2.45, 2.75) is 6.04 Å². The van der Waals surface area contributed by atoms with Gasteiger partial charge in [0.2, 0.25) is 0 Å². The van der Waals surface area contributed by atoms with Crippen LogP contribution >= 0.6 is 34.8 Å². The number of hydrogen-bond acceptors (Lipinski definition) is 6. The van der Waals surface area contributed by atoms with E-state index in [0.717, 1.165) is 0 Å². The molecule has 1 aliphatic heterocycles. The number of ketones is 1. The van der Waals surface area contributed by atoms with E-state index in [1.54, 1.807) is 24.3 Å². The molecule has 2 N–H and O–H groups in total. The number of aliphatic hydroxyl groups excluding tert-OH is 1. The summed E-state index contributed by atoms with van der Waals surface area (Å²) in [4.78, 5) is 27.7. The third-order valence-electron chi connectivity index (χ3n) is 5.52. The number of anilines is 1. The van der Waals surface area contributed by atoms with Crippen molar-refractivity contribution in [3.63, 3.8) is 0 Å². The fraction of sp³-hybridized carbons (Fsp3) is 0.120. The normalized spacial score (nSPS) is 17.1. The molecule has 180 valence electrons. The van der Waals surface area contributed by atoms with E-state index in [-0.39, 0.29) is 43.4 Å². The quantitative estimate of drug-likeness (QED) is 0.237. The number of benzene rings is 3. The lowest BCUT2D eigenvalue weighted by Gasteiger charge is -2.26. The van der Waals surface area contributed by atoms with Crippen molar-refractivity contribution in [3.05, 3.63) is 86.4 Å². The van der Waals surface area contributed by atoms with Gasteiger partial charge in [-0.05, 0) is 48.0 Å². The zero-order chi connectivity index (χ0) is 25.4. The van der Waals surface area contributed by atoms with Gasteiger partial charge in [0.25, 0.3) is 11.7 Å². The third kappa shape index (κ3) is 4.38. The Hall–Kier alpha value is -3.39. The second kappa shape index (κ2) is 9.70. The number of nitrogens with zero attached hydrogens (tertiary/aromatic N) is 1. The number of phenols is 1. The number of halogens is 3. The van der Waals surface area contributed by atoms with Crippen LogP contribution in [0.15, 0.2) is 60.2 Å². The minimum atomic E-state index is -1.09. The number of aliphatic hydroxyl groups is 1. The molecule has 3 aromatic rings. The molecule has 0 radical (unpaired) electrons. The molecular formula is C25H18Cl3NO6. The molecule has 0 aromatic heterocycles. The Morgan fingerprint density at radius 1 is 0.914 bits per heavy atom. The van der Waals surface area contributed by atoms with Gasteiger partial charge in [0, 0.05) is 11.3 Å². The van der Waals surface area contributed by atoms with Crippen LogP contribution in [0, 0.1) is 0 Å². The maximum absolute atomic E-state index is 13.3. The summed E-state index contributed by atoms with van der Waals surface area (Å²) in [5.41, 5.74) is 0.557. The fourth-order valence-corrected chi connectivity index (χ4v) is 4.85. The van der Waals surface area contributed by atoms with Gasteiger partial charge in [-0.3, -0.25) is 14.5 Å². The average Bonchev–Trinajstić information content (AvgIpc) is 3.08. The summed E-state index contributed by atoms with van der Waals surface area (Å²) >= 11 is 18.7. The topological polar surface area (TPSA) is 96.3 Å². The Labute approximate surface area is 215 Å². The number of amides is 1. The standard InChI is InChI=1S/C25H18Cl3NO6/c1-34-19-7-6-14(11-16(19)26)29-21(12-4-3-5-15(30)8-12)20(23(32)25(29)33)22(31)13-9-17(27)24(35-2)18(28)10-13/h3-11,21,30-31H,1-2H3/b22-20+. The largest absolute Gasteiger partial charge is 0.508 e. The Morgan fingerprint density at radius 3 is 2.17 bits per heavy atom. The number of carbonyl (C=O) groups is 2.